The summed E-state index contributed by atoms with van der Waals surface area (Å²) in [4.78, 5) is 24.8. The van der Waals surface area contributed by atoms with E-state index in [1.165, 1.54) is 0 Å². The van der Waals surface area contributed by atoms with Crippen molar-refractivity contribution in [3.8, 4) is 17.2 Å². The van der Waals surface area contributed by atoms with Crippen LogP contribution in [0.5, 0.6) is 17.2 Å². The van der Waals surface area contributed by atoms with Gasteiger partial charge in [0.25, 0.3) is 17.8 Å². The van der Waals surface area contributed by atoms with Crippen molar-refractivity contribution in [3.63, 3.8) is 0 Å². The van der Waals surface area contributed by atoms with Crippen molar-refractivity contribution in [2.45, 2.75) is 97.1 Å². The molecule has 0 bridgehead atoms. The van der Waals surface area contributed by atoms with E-state index >= 15 is 0 Å². The number of benzene rings is 9. The van der Waals surface area contributed by atoms with Gasteiger partial charge in [0.2, 0.25) is 0 Å². The molecule has 1 radical (unpaired) electrons. The number of aliphatic hydroxyl groups excluding tert-OH is 2. The second kappa shape index (κ2) is 35.9. The molecule has 623 valence electrons. The molecular formula is C97H100F6IN9O6V. The number of β-amino-alcohol motifs (C(OH)–C–C–N with tert-alkyl or cyclic N) is 2. The summed E-state index contributed by atoms with van der Waals surface area (Å²) < 4.78 is 112. The van der Waals surface area contributed by atoms with Crippen molar-refractivity contribution >= 4 is 56.7 Å². The molecule has 3 N–H and O–H groups in total. The number of rotatable bonds is 16. The number of ether oxygens (including phenoxy) is 4. The number of halogens is 7. The van der Waals surface area contributed by atoms with Crippen LogP contribution in [0.4, 0.5) is 26.3 Å². The summed E-state index contributed by atoms with van der Waals surface area (Å²) in [6.45, 7) is 13.0. The van der Waals surface area contributed by atoms with Crippen LogP contribution in [0.15, 0.2) is 255 Å². The first kappa shape index (κ1) is 84.7. The SMILES string of the molecule is C.FC1(F)[C@@H]2c3ccccc3C(N3CCNCC3)c3ccccc3[C@@H]21.I.O[C@H](COc1cccc2ncccc12)CN1CCN(C2c3ccccc3[C@@H]3[C@H](c4ccccc42)C3(F)F)CC1.O[C@H](COc1cccc2ncccc12)CN1CCN(C2c3ccccc3[C@@H]3[C@H](c4ccccc42)C3(F)F)CC1.[HH].[V].c1cc(OC[C@@H]2CO2)c2cccnc2c1. The Kier molecular flexibility index (Phi) is 25.4. The maximum atomic E-state index is 15.0. The molecule has 3 aromatic heterocycles. The van der Waals surface area contributed by atoms with Crippen molar-refractivity contribution in [1.29, 1.82) is 0 Å². The number of piperazine rings is 3. The summed E-state index contributed by atoms with van der Waals surface area (Å²) in [6.07, 6.45) is 4.33. The second-order valence-electron chi connectivity index (χ2n) is 32.5. The molecule has 22 rings (SSSR count). The number of nitrogens with one attached hydrogen (secondary N) is 1. The van der Waals surface area contributed by atoms with Gasteiger partial charge in [0.1, 0.15) is 55.4 Å². The number of hydrogen-bond donors (Lipinski definition) is 3. The van der Waals surface area contributed by atoms with Gasteiger partial charge in [-0.25, -0.2) is 26.3 Å². The molecule has 15 nitrogen and oxygen atoms in total. The molecule has 0 spiro atoms. The molecule has 4 aliphatic heterocycles. The minimum atomic E-state index is -2.70. The summed E-state index contributed by atoms with van der Waals surface area (Å²) in [6, 6.07) is 75.8. The number of aliphatic hydroxyl groups is 2. The standard InChI is InChI=1S/2C32H31F2N3O2.C20H20F2N2.C12H11NO2.CH4.HI.V.H2/c2*33-32(34)29-22-7-1-3-9-24(22)31(25-10-4-2-8-23(25)30(29)32)37-17-15-36(16-18-37)19-21(38)20-39-28-13-5-12-27-26(28)11-6-14-35-27;21-20(22)17-13-5-1-3-7-15(13)19(24-11-9-23-10-12-24)16-8-4-2-6-14(16)18(17)20;1-4-11-10(3-2-6-13-11)12(5-1)15-8-9-7-14-9;;;;/h2*1-14,21,29-31,38H,15-20H2;1-8,17-19,23H,9-12H2;1-6,9H,7-8H2;1H4;1H;;1H/t2*21-,29-,30+,31?;17-,18+,19?;9-;;;;/m00.0..../s1. The van der Waals surface area contributed by atoms with Gasteiger partial charge in [0.15, 0.2) is 0 Å². The molecular weight excluding hydrogens is 1680 g/mol. The van der Waals surface area contributed by atoms with E-state index in [1.54, 1.807) is 18.6 Å². The van der Waals surface area contributed by atoms with E-state index in [9.17, 15) is 36.6 Å². The van der Waals surface area contributed by atoms with E-state index in [1.807, 2.05) is 224 Å². The molecule has 23 heteroatoms. The van der Waals surface area contributed by atoms with Crippen LogP contribution in [0.2, 0.25) is 0 Å². The number of epoxide rings is 1. The van der Waals surface area contributed by atoms with Gasteiger partial charge < -0.3 is 34.5 Å². The Bertz CT molecular complexity index is 5180. The van der Waals surface area contributed by atoms with Gasteiger partial charge in [-0.15, -0.1) is 24.0 Å². The first-order valence-electron chi connectivity index (χ1n) is 41.1. The average molecular weight is 1780 g/mol. The van der Waals surface area contributed by atoms with Crippen LogP contribution in [-0.2, 0) is 23.3 Å². The van der Waals surface area contributed by atoms with Crippen LogP contribution < -0.4 is 19.5 Å². The van der Waals surface area contributed by atoms with Crippen LogP contribution >= 0.6 is 24.0 Å². The normalized spacial score (nSPS) is 24.6. The van der Waals surface area contributed by atoms with Crippen molar-refractivity contribution in [3.05, 3.63) is 322 Å². The van der Waals surface area contributed by atoms with Crippen molar-refractivity contribution in [2.24, 2.45) is 0 Å². The number of pyridine rings is 3. The molecule has 12 aromatic rings. The van der Waals surface area contributed by atoms with Crippen LogP contribution in [0.1, 0.15) is 129 Å². The molecule has 9 aromatic carbocycles. The Labute approximate surface area is 726 Å². The molecule has 7 fully saturated rings. The fourth-order valence-corrected chi connectivity index (χ4v) is 19.6. The largest absolute Gasteiger partial charge is 0.490 e. The Morgan fingerprint density at radius 1 is 0.367 bits per heavy atom. The van der Waals surface area contributed by atoms with Crippen molar-refractivity contribution in [1.82, 2.24) is 44.8 Å². The molecule has 7 heterocycles. The molecule has 12 atom stereocenters. The number of aromatic nitrogens is 3. The van der Waals surface area contributed by atoms with Gasteiger partial charge in [-0.3, -0.25) is 39.5 Å². The van der Waals surface area contributed by atoms with Gasteiger partial charge >= 0.3 is 0 Å². The molecule has 4 saturated heterocycles. The third-order valence-electron chi connectivity index (χ3n) is 25.4. The number of alkyl halides is 6. The zero-order valence-corrected chi connectivity index (χ0v) is 69.4. The van der Waals surface area contributed by atoms with Crippen molar-refractivity contribution in [2.75, 3.05) is 118 Å². The van der Waals surface area contributed by atoms with E-state index in [2.05, 4.69) is 56.9 Å². The van der Waals surface area contributed by atoms with Gasteiger partial charge in [-0.1, -0.05) is 171 Å². The fourth-order valence-electron chi connectivity index (χ4n) is 19.6. The minimum Gasteiger partial charge on any atom is -0.490 e. The predicted octanol–water partition coefficient (Wildman–Crippen LogP) is 17.4. The van der Waals surface area contributed by atoms with Crippen molar-refractivity contribution < 1.29 is 75.5 Å². The summed E-state index contributed by atoms with van der Waals surface area (Å²) in [7, 11) is 0. The van der Waals surface area contributed by atoms with Gasteiger partial charge in [0, 0.05) is 146 Å². The number of fused-ring (bicyclic) bond motifs is 18. The maximum Gasteiger partial charge on any atom is 0.263 e. The maximum absolute atomic E-state index is 15.0. The first-order chi connectivity index (χ1) is 57.2. The predicted molar refractivity (Wildman–Crippen MR) is 464 cm³/mol. The smallest absolute Gasteiger partial charge is 0.263 e. The number of nitrogens with zero attached hydrogens (tertiary/aromatic N) is 8. The monoisotopic (exact) mass is 1780 g/mol. The number of hydrogen-bond acceptors (Lipinski definition) is 15. The Balaban J connectivity index is 0.000000130. The topological polar surface area (TPSA) is 148 Å². The molecule has 3 unspecified atom stereocenters. The summed E-state index contributed by atoms with van der Waals surface area (Å²) in [5.41, 5.74) is 13.6. The van der Waals surface area contributed by atoms with Crippen LogP contribution in [0.3, 0.4) is 0 Å². The van der Waals surface area contributed by atoms with Crippen LogP contribution in [0, 0.1) is 0 Å². The molecule has 3 saturated carbocycles. The van der Waals surface area contributed by atoms with Gasteiger partial charge in [-0.05, 0) is 140 Å². The van der Waals surface area contributed by atoms with E-state index in [0.29, 0.717) is 19.7 Å². The summed E-state index contributed by atoms with van der Waals surface area (Å²) >= 11 is 0. The first-order valence-corrected chi connectivity index (χ1v) is 41.1. The van der Waals surface area contributed by atoms with E-state index in [0.717, 1.165) is 202 Å². The summed E-state index contributed by atoms with van der Waals surface area (Å²) in [5.74, 6) is -9.99. The molecule has 0 amide bonds. The van der Waals surface area contributed by atoms with Crippen LogP contribution in [0.25, 0.3) is 32.7 Å². The molecule has 6 aliphatic carbocycles. The van der Waals surface area contributed by atoms with Gasteiger partial charge in [-0.2, -0.15) is 0 Å². The second-order valence-corrected chi connectivity index (χ2v) is 32.5. The Hall–Kier alpha value is -8.86. The molecule has 120 heavy (non-hydrogen) atoms. The fraction of sp³-hybridized carbons (Fsp3) is 0.351. The molecule has 10 aliphatic rings. The zero-order valence-electron chi connectivity index (χ0n) is 65.6. The van der Waals surface area contributed by atoms with Gasteiger partial charge in [0.05, 0.1) is 76.8 Å². The third kappa shape index (κ3) is 16.7. The van der Waals surface area contributed by atoms with E-state index in [-0.39, 0.29) is 88.8 Å². The quantitative estimate of drug-likeness (QED) is 0.0478. The zero-order chi connectivity index (χ0) is 79.5. The summed E-state index contributed by atoms with van der Waals surface area (Å²) in [5, 5.41) is 27.8. The third-order valence-corrected chi connectivity index (χ3v) is 25.4. The average Bonchev–Trinajstić information content (AvgIpc) is 1.53. The van der Waals surface area contributed by atoms with E-state index < -0.39 is 65.5 Å². The minimum absolute atomic E-state index is 0. The van der Waals surface area contributed by atoms with Crippen LogP contribution in [-0.4, -0.2) is 204 Å². The van der Waals surface area contributed by atoms with E-state index in [4.69, 9.17) is 18.9 Å². The Morgan fingerprint density at radius 3 is 0.917 bits per heavy atom. The Morgan fingerprint density at radius 2 is 0.633 bits per heavy atom.